The van der Waals surface area contributed by atoms with Crippen LogP contribution in [0.4, 0.5) is 0 Å². The summed E-state index contributed by atoms with van der Waals surface area (Å²) in [6.07, 6.45) is 2.68. The fourth-order valence-corrected chi connectivity index (χ4v) is 0.732. The van der Waals surface area contributed by atoms with Crippen molar-refractivity contribution < 1.29 is 9.90 Å². The Hall–Kier alpha value is -1.54. The van der Waals surface area contributed by atoms with Crippen LogP contribution < -0.4 is 0 Å². The highest BCUT2D eigenvalue weighted by Gasteiger charge is 1.85. The fourth-order valence-electron chi connectivity index (χ4n) is 0.732. The van der Waals surface area contributed by atoms with Gasteiger partial charge >= 0.3 is 5.97 Å². The van der Waals surface area contributed by atoms with E-state index in [0.29, 0.717) is 0 Å². The second-order valence-electron chi connectivity index (χ2n) is 2.24. The number of carboxylic acids is 1. The van der Waals surface area contributed by atoms with E-state index in [1.807, 2.05) is 30.3 Å². The summed E-state index contributed by atoms with van der Waals surface area (Å²) >= 11 is 4.76. The zero-order valence-corrected chi connectivity index (χ0v) is 8.32. The second-order valence-corrected chi connectivity index (χ2v) is 2.55. The third kappa shape index (κ3) is 7.13. The van der Waals surface area contributed by atoms with Gasteiger partial charge in [0.05, 0.1) is 0 Å². The maximum absolute atomic E-state index is 10.1. The van der Waals surface area contributed by atoms with E-state index in [9.17, 15) is 4.79 Å². The number of benzene rings is 1. The van der Waals surface area contributed by atoms with Gasteiger partial charge in [-0.1, -0.05) is 48.5 Å². The van der Waals surface area contributed by atoms with Gasteiger partial charge in [0.2, 0.25) is 0 Å². The lowest BCUT2D eigenvalue weighted by Crippen LogP contribution is -1.85. The monoisotopic (exact) mass is 210 g/mol. The molecule has 0 unspecified atom stereocenters. The Morgan fingerprint density at radius 2 is 1.86 bits per heavy atom. The normalized spacial score (nSPS) is 8.93. The zero-order chi connectivity index (χ0) is 10.8. The van der Waals surface area contributed by atoms with Crippen LogP contribution in [0, 0.1) is 0 Å². The molecule has 3 heteroatoms. The maximum atomic E-state index is 10.1. The molecule has 0 saturated heterocycles. The highest BCUT2D eigenvalue weighted by Crippen LogP contribution is 1.99. The predicted molar refractivity (Wildman–Crippen MR) is 59.2 cm³/mol. The third-order valence-corrected chi connectivity index (χ3v) is 1.22. The molecule has 2 nitrogen and oxygen atoms in total. The molecule has 1 aromatic rings. The lowest BCUT2D eigenvalue weighted by Gasteiger charge is -1.87. The second kappa shape index (κ2) is 8.08. The SMILES string of the molecule is C=CCl.O=C(O)C=Cc1ccccc1. The summed E-state index contributed by atoms with van der Waals surface area (Å²) in [5, 5.41) is 8.29. The van der Waals surface area contributed by atoms with Crippen LogP contribution in [0.5, 0.6) is 0 Å². The predicted octanol–water partition coefficient (Wildman–Crippen LogP) is 3.15. The Bertz CT molecular complexity index is 304. The number of rotatable bonds is 2. The van der Waals surface area contributed by atoms with Gasteiger partial charge in [-0.05, 0) is 17.2 Å². The first kappa shape index (κ1) is 12.5. The molecule has 0 heterocycles. The summed E-state index contributed by atoms with van der Waals surface area (Å²) in [7, 11) is 0. The van der Waals surface area contributed by atoms with Crippen molar-refractivity contribution in [3.8, 4) is 0 Å². The summed E-state index contributed by atoms with van der Waals surface area (Å²) in [4.78, 5) is 10.1. The lowest BCUT2D eigenvalue weighted by molar-refractivity contribution is -0.131. The van der Waals surface area contributed by atoms with Gasteiger partial charge < -0.3 is 5.11 Å². The molecule has 0 saturated carbocycles. The molecule has 74 valence electrons. The summed E-state index contributed by atoms with van der Waals surface area (Å²) in [5.74, 6) is -0.922. The van der Waals surface area contributed by atoms with Crippen molar-refractivity contribution in [3.05, 3.63) is 54.1 Å². The van der Waals surface area contributed by atoms with Gasteiger partial charge in [0, 0.05) is 6.08 Å². The van der Waals surface area contributed by atoms with Crippen LogP contribution in [0.25, 0.3) is 6.08 Å². The van der Waals surface area contributed by atoms with Crippen molar-refractivity contribution in [1.29, 1.82) is 0 Å². The van der Waals surface area contributed by atoms with E-state index in [1.54, 1.807) is 6.08 Å². The number of carbonyl (C=O) groups is 1. The molecule has 1 aromatic carbocycles. The number of halogens is 1. The van der Waals surface area contributed by atoms with Crippen LogP contribution in [-0.2, 0) is 4.79 Å². The Morgan fingerprint density at radius 1 is 1.36 bits per heavy atom. The van der Waals surface area contributed by atoms with E-state index in [-0.39, 0.29) is 0 Å². The average Bonchev–Trinajstić information content (AvgIpc) is 2.18. The van der Waals surface area contributed by atoms with Crippen LogP contribution in [0.2, 0.25) is 0 Å². The molecular weight excluding hydrogens is 200 g/mol. The summed E-state index contributed by atoms with van der Waals surface area (Å²) in [6, 6.07) is 9.31. The first-order valence-electron chi connectivity index (χ1n) is 3.88. The van der Waals surface area contributed by atoms with Crippen molar-refractivity contribution in [3.63, 3.8) is 0 Å². The van der Waals surface area contributed by atoms with Crippen LogP contribution >= 0.6 is 11.6 Å². The third-order valence-electron chi connectivity index (χ3n) is 1.22. The maximum Gasteiger partial charge on any atom is 0.328 e. The molecule has 0 radical (unpaired) electrons. The molecule has 0 aliphatic heterocycles. The number of carboxylic acid groups (broad SMARTS) is 1. The van der Waals surface area contributed by atoms with Crippen LogP contribution in [0.1, 0.15) is 5.56 Å². The molecule has 0 atom stereocenters. The van der Waals surface area contributed by atoms with Crippen LogP contribution in [0.3, 0.4) is 0 Å². The average molecular weight is 211 g/mol. The molecule has 0 fully saturated rings. The molecule has 0 aromatic heterocycles. The number of hydrogen-bond acceptors (Lipinski definition) is 1. The smallest absolute Gasteiger partial charge is 0.328 e. The van der Waals surface area contributed by atoms with Gasteiger partial charge in [0.1, 0.15) is 0 Å². The molecular formula is C11H11ClO2. The fraction of sp³-hybridized carbons (Fsp3) is 0. The Kier molecular flexibility index (Phi) is 7.19. The quantitative estimate of drug-likeness (QED) is 0.762. The number of hydrogen-bond donors (Lipinski definition) is 1. The Morgan fingerprint density at radius 3 is 2.29 bits per heavy atom. The van der Waals surface area contributed by atoms with Crippen LogP contribution in [0.15, 0.2) is 48.5 Å². The summed E-state index contributed by atoms with van der Waals surface area (Å²) in [6.45, 7) is 3.13. The molecule has 0 amide bonds. The summed E-state index contributed by atoms with van der Waals surface area (Å²) < 4.78 is 0. The van der Waals surface area contributed by atoms with Crippen molar-refractivity contribution in [2.24, 2.45) is 0 Å². The van der Waals surface area contributed by atoms with Gasteiger partial charge in [0.15, 0.2) is 0 Å². The highest BCUT2D eigenvalue weighted by molar-refractivity contribution is 6.25. The van der Waals surface area contributed by atoms with Gasteiger partial charge in [0.25, 0.3) is 0 Å². The Labute approximate surface area is 88.1 Å². The molecule has 0 spiro atoms. The van der Waals surface area contributed by atoms with Crippen molar-refractivity contribution in [1.82, 2.24) is 0 Å². The zero-order valence-electron chi connectivity index (χ0n) is 7.56. The van der Waals surface area contributed by atoms with E-state index in [0.717, 1.165) is 11.6 Å². The van der Waals surface area contributed by atoms with Gasteiger partial charge in [-0.3, -0.25) is 0 Å². The first-order valence-corrected chi connectivity index (χ1v) is 4.31. The summed E-state index contributed by atoms with van der Waals surface area (Å²) in [5.41, 5.74) is 2.12. The van der Waals surface area contributed by atoms with E-state index in [1.165, 1.54) is 5.54 Å². The van der Waals surface area contributed by atoms with Gasteiger partial charge in [-0.2, -0.15) is 0 Å². The number of aliphatic carboxylic acids is 1. The van der Waals surface area contributed by atoms with Gasteiger partial charge in [-0.25, -0.2) is 4.79 Å². The minimum Gasteiger partial charge on any atom is -0.478 e. The largest absolute Gasteiger partial charge is 0.478 e. The van der Waals surface area contributed by atoms with Crippen molar-refractivity contribution in [2.45, 2.75) is 0 Å². The first-order chi connectivity index (χ1) is 6.70. The topological polar surface area (TPSA) is 37.3 Å². The Balaban J connectivity index is 0.000000500. The van der Waals surface area contributed by atoms with Gasteiger partial charge in [-0.15, -0.1) is 0 Å². The molecule has 0 bridgehead atoms. The molecule has 1 rings (SSSR count). The van der Waals surface area contributed by atoms with Crippen molar-refractivity contribution >= 4 is 23.6 Å². The lowest BCUT2D eigenvalue weighted by atomic mass is 10.2. The van der Waals surface area contributed by atoms with Crippen molar-refractivity contribution in [2.75, 3.05) is 0 Å². The minimum atomic E-state index is -0.922. The van der Waals surface area contributed by atoms with E-state index >= 15 is 0 Å². The van der Waals surface area contributed by atoms with E-state index in [4.69, 9.17) is 16.7 Å². The van der Waals surface area contributed by atoms with E-state index < -0.39 is 5.97 Å². The highest BCUT2D eigenvalue weighted by atomic mass is 35.5. The van der Waals surface area contributed by atoms with E-state index in [2.05, 4.69) is 6.58 Å². The molecule has 1 N–H and O–H groups in total. The minimum absolute atomic E-state index is 0.898. The molecule has 14 heavy (non-hydrogen) atoms. The molecule has 0 aliphatic carbocycles. The standard InChI is InChI=1S/C9H8O2.C2H3Cl/c10-9(11)7-6-8-4-2-1-3-5-8;1-2-3/h1-7H,(H,10,11);2H,1H2. The van der Waals surface area contributed by atoms with Crippen LogP contribution in [-0.4, -0.2) is 11.1 Å². The molecule has 0 aliphatic rings.